The third-order valence-corrected chi connectivity index (χ3v) is 10.1. The predicted molar refractivity (Wildman–Crippen MR) is 218 cm³/mol. The fourth-order valence-corrected chi connectivity index (χ4v) is 5.81. The molecule has 0 spiro atoms. The van der Waals surface area contributed by atoms with Crippen molar-refractivity contribution < 1.29 is 48.1 Å². The van der Waals surface area contributed by atoms with Gasteiger partial charge in [-0.15, -0.1) is 11.8 Å². The van der Waals surface area contributed by atoms with Crippen LogP contribution in [0.2, 0.25) is 0 Å². The van der Waals surface area contributed by atoms with Crippen molar-refractivity contribution in [3.05, 3.63) is 23.3 Å². The SMILES string of the molecule is C/C=C(\C)C[C@H](C)C(C/C=C(\C)C(=O)O[C@H](CC(C)C)C(=O)NC(C)C(=O)N(C)CC(=O)N(C)CC(=O)NC(C(=O)N(C)C(C)C(=O)O)C(C)CC)OCSC. The number of ether oxygens (including phenoxy) is 2. The summed E-state index contributed by atoms with van der Waals surface area (Å²) < 4.78 is 11.7. The number of carbonyl (C=O) groups excluding carboxylic acids is 6. The zero-order valence-electron chi connectivity index (χ0n) is 36.1. The zero-order chi connectivity index (χ0) is 43.4. The van der Waals surface area contributed by atoms with Gasteiger partial charge in [0, 0.05) is 26.7 Å². The van der Waals surface area contributed by atoms with Crippen LogP contribution in [0.3, 0.4) is 0 Å². The second-order valence-corrected chi connectivity index (χ2v) is 16.0. The third-order valence-electron chi connectivity index (χ3n) is 9.74. The monoisotopic (exact) mass is 811 g/mol. The lowest BCUT2D eigenvalue weighted by molar-refractivity contribution is -0.154. The summed E-state index contributed by atoms with van der Waals surface area (Å²) in [5.41, 5.74) is 1.58. The summed E-state index contributed by atoms with van der Waals surface area (Å²) in [5.74, 6) is -4.50. The Bertz CT molecular complexity index is 1400. The molecule has 15 nitrogen and oxygen atoms in total. The van der Waals surface area contributed by atoms with Crippen LogP contribution in [0.4, 0.5) is 0 Å². The van der Waals surface area contributed by atoms with Crippen LogP contribution in [0.5, 0.6) is 0 Å². The molecule has 0 saturated carbocycles. The van der Waals surface area contributed by atoms with E-state index in [-0.39, 0.29) is 30.3 Å². The van der Waals surface area contributed by atoms with Gasteiger partial charge < -0.3 is 39.9 Å². The molecule has 0 bridgehead atoms. The Morgan fingerprint density at radius 2 is 1.46 bits per heavy atom. The largest absolute Gasteiger partial charge is 0.480 e. The lowest BCUT2D eigenvalue weighted by Gasteiger charge is -2.31. The van der Waals surface area contributed by atoms with Gasteiger partial charge in [0.25, 0.3) is 5.91 Å². The molecule has 0 rings (SSSR count). The maximum absolute atomic E-state index is 13.4. The smallest absolute Gasteiger partial charge is 0.334 e. The number of nitrogens with one attached hydrogen (secondary N) is 2. The van der Waals surface area contributed by atoms with Crippen molar-refractivity contribution in [3.8, 4) is 0 Å². The average molecular weight is 812 g/mol. The molecule has 16 heteroatoms. The molecule has 3 N–H and O–H groups in total. The average Bonchev–Trinajstić information content (AvgIpc) is 3.14. The van der Waals surface area contributed by atoms with Crippen molar-refractivity contribution in [2.24, 2.45) is 17.8 Å². The minimum absolute atomic E-state index is 0.0188. The number of likely N-dealkylation sites (N-methyl/N-ethyl adjacent to an activating group) is 3. The van der Waals surface area contributed by atoms with Crippen molar-refractivity contribution in [1.82, 2.24) is 25.3 Å². The Labute approximate surface area is 338 Å². The fourth-order valence-electron chi connectivity index (χ4n) is 5.49. The van der Waals surface area contributed by atoms with E-state index in [2.05, 4.69) is 30.6 Å². The summed E-state index contributed by atoms with van der Waals surface area (Å²) in [4.78, 5) is 93.5. The molecule has 7 atom stereocenters. The van der Waals surface area contributed by atoms with Crippen LogP contribution in [-0.4, -0.2) is 138 Å². The quantitative estimate of drug-likeness (QED) is 0.0525. The minimum Gasteiger partial charge on any atom is -0.480 e. The highest BCUT2D eigenvalue weighted by atomic mass is 32.2. The van der Waals surface area contributed by atoms with Crippen molar-refractivity contribution in [2.45, 2.75) is 125 Å². The number of aliphatic carboxylic acids is 1. The van der Waals surface area contributed by atoms with Gasteiger partial charge >= 0.3 is 11.9 Å². The number of nitrogens with zero attached hydrogens (tertiary/aromatic N) is 3. The van der Waals surface area contributed by atoms with E-state index in [1.54, 1.807) is 31.7 Å². The summed E-state index contributed by atoms with van der Waals surface area (Å²) in [6.45, 7) is 17.1. The Morgan fingerprint density at radius 3 is 1.98 bits per heavy atom. The first-order valence-corrected chi connectivity index (χ1v) is 20.6. The molecule has 0 aromatic rings. The van der Waals surface area contributed by atoms with E-state index in [0.717, 1.165) is 21.1 Å². The molecule has 56 heavy (non-hydrogen) atoms. The molecule has 0 aliphatic carbocycles. The Kier molecular flexibility index (Phi) is 24.3. The van der Waals surface area contributed by atoms with Crippen LogP contribution in [0.1, 0.15) is 94.9 Å². The fraction of sp³-hybridized carbons (Fsp3) is 0.725. The molecule has 0 fully saturated rings. The summed E-state index contributed by atoms with van der Waals surface area (Å²) >= 11 is 1.57. The van der Waals surface area contributed by atoms with Crippen molar-refractivity contribution in [2.75, 3.05) is 46.4 Å². The molecule has 0 saturated heterocycles. The van der Waals surface area contributed by atoms with Gasteiger partial charge in [0.1, 0.15) is 18.1 Å². The molecule has 0 heterocycles. The second-order valence-electron chi connectivity index (χ2n) is 15.1. The lowest BCUT2D eigenvalue weighted by atomic mass is 9.93. The number of thioether (sulfide) groups is 1. The zero-order valence-corrected chi connectivity index (χ0v) is 36.9. The van der Waals surface area contributed by atoms with E-state index in [1.165, 1.54) is 40.6 Å². The molecule has 320 valence electrons. The number of allylic oxidation sites excluding steroid dienone is 2. The maximum atomic E-state index is 13.4. The van der Waals surface area contributed by atoms with Crippen molar-refractivity contribution in [3.63, 3.8) is 0 Å². The van der Waals surface area contributed by atoms with Crippen LogP contribution in [0, 0.1) is 17.8 Å². The van der Waals surface area contributed by atoms with Crippen molar-refractivity contribution in [1.29, 1.82) is 0 Å². The van der Waals surface area contributed by atoms with Crippen LogP contribution < -0.4 is 10.6 Å². The summed E-state index contributed by atoms with van der Waals surface area (Å²) in [6, 6.07) is -3.21. The molecule has 0 aromatic heterocycles. The van der Waals surface area contributed by atoms with E-state index in [0.29, 0.717) is 24.4 Å². The number of hydrogen-bond acceptors (Lipinski definition) is 10. The summed E-state index contributed by atoms with van der Waals surface area (Å²) in [6.07, 6.45) is 6.58. The van der Waals surface area contributed by atoms with E-state index in [1.807, 2.05) is 34.0 Å². The first kappa shape index (κ1) is 52.1. The normalized spacial score (nSPS) is 15.7. The van der Waals surface area contributed by atoms with Crippen LogP contribution in [0.15, 0.2) is 23.3 Å². The molecule has 0 aromatic carbocycles. The van der Waals surface area contributed by atoms with E-state index < -0.39 is 78.8 Å². The van der Waals surface area contributed by atoms with Crippen LogP contribution >= 0.6 is 11.8 Å². The molecule has 5 unspecified atom stereocenters. The number of carboxylic acids is 1. The van der Waals surface area contributed by atoms with Gasteiger partial charge in [-0.3, -0.25) is 24.0 Å². The van der Waals surface area contributed by atoms with E-state index in [4.69, 9.17) is 9.47 Å². The van der Waals surface area contributed by atoms with Crippen molar-refractivity contribution >= 4 is 53.2 Å². The van der Waals surface area contributed by atoms with Gasteiger partial charge in [-0.05, 0) is 77.9 Å². The van der Waals surface area contributed by atoms with Gasteiger partial charge in [0.2, 0.25) is 23.6 Å². The van der Waals surface area contributed by atoms with E-state index in [9.17, 15) is 38.7 Å². The van der Waals surface area contributed by atoms with Crippen LogP contribution in [0.25, 0.3) is 0 Å². The number of esters is 1. The summed E-state index contributed by atoms with van der Waals surface area (Å²) in [7, 11) is 4.10. The first-order valence-electron chi connectivity index (χ1n) is 19.2. The minimum atomic E-state index is -1.19. The van der Waals surface area contributed by atoms with Gasteiger partial charge in [-0.2, -0.15) is 0 Å². The molecular formula is C40H69N5O10S. The summed E-state index contributed by atoms with van der Waals surface area (Å²) in [5, 5.41) is 14.6. The second kappa shape index (κ2) is 26.1. The standard InChI is InChI=1S/C40H69N5O10S/c1-15-25(5)20-28(8)31(54-23-56-14)18-17-27(7)40(53)55-32(19-24(3)4)36(48)41-29(9)37(49)44(12)22-34(47)43(11)21-33(46)42-35(26(6)16-2)38(50)45(13)30(10)39(51)52/h15,17,24,26,28-32,35H,16,18-23H2,1-14H3,(H,41,48)(H,42,46)(H,51,52)/b25-15+,27-17+/t26?,28-,29?,30?,31?,32+,35?/m0/s1. The van der Waals surface area contributed by atoms with Gasteiger partial charge in [0.15, 0.2) is 6.10 Å². The number of amides is 5. The van der Waals surface area contributed by atoms with Gasteiger partial charge in [-0.25, -0.2) is 9.59 Å². The Morgan fingerprint density at radius 1 is 0.857 bits per heavy atom. The molecular weight excluding hydrogens is 743 g/mol. The molecule has 0 radical (unpaired) electrons. The maximum Gasteiger partial charge on any atom is 0.334 e. The highest BCUT2D eigenvalue weighted by molar-refractivity contribution is 7.98. The number of carboxylic acid groups (broad SMARTS) is 1. The number of hydrogen-bond donors (Lipinski definition) is 3. The topological polar surface area (TPSA) is 192 Å². The highest BCUT2D eigenvalue weighted by Crippen LogP contribution is 2.22. The predicted octanol–water partition coefficient (Wildman–Crippen LogP) is 3.86. The van der Waals surface area contributed by atoms with Gasteiger partial charge in [0.05, 0.1) is 25.1 Å². The van der Waals surface area contributed by atoms with E-state index >= 15 is 0 Å². The number of carbonyl (C=O) groups is 7. The first-order chi connectivity index (χ1) is 26.0. The van der Waals surface area contributed by atoms with Crippen LogP contribution in [-0.2, 0) is 43.0 Å². The van der Waals surface area contributed by atoms with Gasteiger partial charge in [-0.1, -0.05) is 58.8 Å². The Hall–Kier alpha value is -3.92. The third kappa shape index (κ3) is 18.4. The highest BCUT2D eigenvalue weighted by Gasteiger charge is 2.33. The lowest BCUT2D eigenvalue weighted by Crippen LogP contribution is -2.55. The molecule has 0 aliphatic heterocycles. The Balaban J connectivity index is 5.53. The number of rotatable bonds is 25. The molecule has 5 amide bonds. The molecule has 0 aliphatic rings.